The van der Waals surface area contributed by atoms with E-state index < -0.39 is 0 Å². The van der Waals surface area contributed by atoms with Gasteiger partial charge in [0.25, 0.3) is 0 Å². The van der Waals surface area contributed by atoms with Crippen molar-refractivity contribution in [2.45, 2.75) is 96.2 Å². The minimum absolute atomic E-state index is 0.411. The largest absolute Gasteiger partial charge is 0.371 e. The average Bonchev–Trinajstić information content (AvgIpc) is 3.08. The van der Waals surface area contributed by atoms with Crippen LogP contribution in [0.1, 0.15) is 84.0 Å². The molecule has 1 heteroatoms. The van der Waals surface area contributed by atoms with Crippen LogP contribution in [-0.4, -0.2) is 12.2 Å². The molecule has 0 spiro atoms. The molecule has 24 heavy (non-hydrogen) atoms. The predicted octanol–water partition coefficient (Wildman–Crippen LogP) is 6.69. The molecule has 1 heterocycles. The van der Waals surface area contributed by atoms with Gasteiger partial charge in [0.2, 0.25) is 0 Å². The van der Waals surface area contributed by atoms with Crippen LogP contribution in [0.4, 0.5) is 0 Å². The Hall–Kier alpha value is -0.560. The Morgan fingerprint density at radius 2 is 1.42 bits per heavy atom. The van der Waals surface area contributed by atoms with E-state index >= 15 is 0 Å². The maximum atomic E-state index is 6.13. The lowest BCUT2D eigenvalue weighted by atomic mass is 9.69. The Kier molecular flexibility index (Phi) is 7.01. The first-order valence-corrected chi connectivity index (χ1v) is 10.7. The van der Waals surface area contributed by atoms with E-state index in [1.807, 2.05) is 0 Å². The molecule has 0 aromatic rings. The summed E-state index contributed by atoms with van der Waals surface area (Å²) in [6, 6.07) is 0. The quantitative estimate of drug-likeness (QED) is 0.493. The van der Waals surface area contributed by atoms with Gasteiger partial charge in [0, 0.05) is 0 Å². The Bertz CT molecular complexity index is 396. The van der Waals surface area contributed by atoms with Crippen LogP contribution in [-0.2, 0) is 4.74 Å². The number of allylic oxidation sites excluding steroid dienone is 2. The molecule has 0 amide bonds. The van der Waals surface area contributed by atoms with E-state index in [1.54, 1.807) is 0 Å². The van der Waals surface area contributed by atoms with E-state index in [-0.39, 0.29) is 0 Å². The van der Waals surface area contributed by atoms with Crippen molar-refractivity contribution >= 4 is 0 Å². The molecule has 2 unspecified atom stereocenters. The first-order valence-electron chi connectivity index (χ1n) is 10.7. The second-order valence-corrected chi connectivity index (χ2v) is 8.63. The van der Waals surface area contributed by atoms with Crippen LogP contribution in [0.2, 0.25) is 0 Å². The minimum Gasteiger partial charge on any atom is -0.371 e. The van der Waals surface area contributed by atoms with Crippen molar-refractivity contribution in [3.8, 4) is 0 Å². The van der Waals surface area contributed by atoms with Gasteiger partial charge >= 0.3 is 0 Å². The molecule has 0 radical (unpaired) electrons. The van der Waals surface area contributed by atoms with Crippen molar-refractivity contribution in [2.75, 3.05) is 0 Å². The summed E-state index contributed by atoms with van der Waals surface area (Å²) < 4.78 is 6.13. The lowest BCUT2D eigenvalue weighted by Crippen LogP contribution is -2.25. The van der Waals surface area contributed by atoms with Gasteiger partial charge in [-0.05, 0) is 94.3 Å². The molecule has 3 fully saturated rings. The highest BCUT2D eigenvalue weighted by Gasteiger charge is 2.30. The third-order valence-electron chi connectivity index (χ3n) is 6.98. The monoisotopic (exact) mass is 330 g/mol. The highest BCUT2D eigenvalue weighted by molar-refractivity contribution is 4.98. The van der Waals surface area contributed by atoms with E-state index in [2.05, 4.69) is 31.7 Å². The number of ether oxygens (including phenoxy) is 1. The van der Waals surface area contributed by atoms with Gasteiger partial charge in [-0.25, -0.2) is 0 Å². The number of hydrogen-bond acceptors (Lipinski definition) is 1. The Morgan fingerprint density at radius 3 is 2.00 bits per heavy atom. The maximum Gasteiger partial charge on any atom is 0.0760 e. The zero-order valence-corrected chi connectivity index (χ0v) is 15.8. The summed E-state index contributed by atoms with van der Waals surface area (Å²) in [6.45, 7) is 6.24. The van der Waals surface area contributed by atoms with Crippen LogP contribution in [0.5, 0.6) is 0 Å². The van der Waals surface area contributed by atoms with Gasteiger partial charge in [-0.15, -0.1) is 6.58 Å². The molecule has 3 aliphatic rings. The second-order valence-electron chi connectivity index (χ2n) is 8.63. The van der Waals surface area contributed by atoms with Crippen molar-refractivity contribution in [1.29, 1.82) is 0 Å². The van der Waals surface area contributed by atoms with Crippen LogP contribution in [0.3, 0.4) is 0 Å². The molecule has 1 aliphatic heterocycles. The Labute approximate surface area is 149 Å². The van der Waals surface area contributed by atoms with E-state index in [9.17, 15) is 0 Å². The molecule has 0 aromatic heterocycles. The van der Waals surface area contributed by atoms with Crippen molar-refractivity contribution in [1.82, 2.24) is 0 Å². The third-order valence-corrected chi connectivity index (χ3v) is 6.98. The molecule has 1 saturated heterocycles. The zero-order chi connectivity index (χ0) is 16.8. The minimum atomic E-state index is 0.411. The predicted molar refractivity (Wildman–Crippen MR) is 103 cm³/mol. The average molecular weight is 331 g/mol. The van der Waals surface area contributed by atoms with Crippen LogP contribution in [0.25, 0.3) is 0 Å². The lowest BCUT2D eigenvalue weighted by Gasteiger charge is -2.36. The van der Waals surface area contributed by atoms with Crippen LogP contribution in [0, 0.1) is 23.7 Å². The van der Waals surface area contributed by atoms with Crippen LogP contribution >= 0.6 is 0 Å². The molecule has 3 rings (SSSR count). The summed E-state index contributed by atoms with van der Waals surface area (Å²) in [7, 11) is 0. The summed E-state index contributed by atoms with van der Waals surface area (Å²) in [5.41, 5.74) is 0. The fourth-order valence-electron chi connectivity index (χ4n) is 5.35. The molecule has 1 nitrogen and oxygen atoms in total. The summed E-state index contributed by atoms with van der Waals surface area (Å²) in [6.07, 6.45) is 24.5. The Balaban J connectivity index is 1.36. The molecule has 0 bridgehead atoms. The van der Waals surface area contributed by atoms with E-state index in [0.29, 0.717) is 12.2 Å². The van der Waals surface area contributed by atoms with Gasteiger partial charge < -0.3 is 4.74 Å². The maximum absolute atomic E-state index is 6.13. The number of hydrogen-bond donors (Lipinski definition) is 0. The first-order chi connectivity index (χ1) is 11.8. The van der Waals surface area contributed by atoms with Gasteiger partial charge in [-0.1, -0.05) is 31.6 Å². The number of rotatable bonds is 6. The van der Waals surface area contributed by atoms with Crippen molar-refractivity contribution in [3.63, 3.8) is 0 Å². The highest BCUT2D eigenvalue weighted by Crippen LogP contribution is 2.41. The molecule has 0 N–H and O–H groups in total. The smallest absolute Gasteiger partial charge is 0.0760 e. The van der Waals surface area contributed by atoms with Crippen molar-refractivity contribution < 1.29 is 4.74 Å². The topological polar surface area (TPSA) is 9.23 Å². The standard InChI is InChI=1S/C23H38O/c1-3-5-22-16-17-23(24-22)15-10-19-8-13-21(14-9-19)20-11-6-18(4-2)7-12-20/h4,10,15,18-23H,2-3,5-9,11-14,16-17H2,1H3/b15-10+. The van der Waals surface area contributed by atoms with E-state index in [1.165, 1.54) is 77.0 Å². The summed E-state index contributed by atoms with van der Waals surface area (Å²) in [5, 5.41) is 0. The van der Waals surface area contributed by atoms with Gasteiger partial charge in [0.15, 0.2) is 0 Å². The molecule has 2 aliphatic carbocycles. The van der Waals surface area contributed by atoms with E-state index in [4.69, 9.17) is 4.74 Å². The van der Waals surface area contributed by atoms with E-state index in [0.717, 1.165) is 23.7 Å². The van der Waals surface area contributed by atoms with Crippen molar-refractivity contribution in [2.24, 2.45) is 23.7 Å². The fraction of sp³-hybridized carbons (Fsp3) is 0.826. The molecule has 2 saturated carbocycles. The van der Waals surface area contributed by atoms with Crippen LogP contribution in [0.15, 0.2) is 24.8 Å². The lowest BCUT2D eigenvalue weighted by molar-refractivity contribution is 0.0649. The normalized spacial score (nSPS) is 40.9. The summed E-state index contributed by atoms with van der Waals surface area (Å²) in [5.74, 6) is 3.65. The van der Waals surface area contributed by atoms with Gasteiger partial charge in [0.1, 0.15) is 0 Å². The van der Waals surface area contributed by atoms with Gasteiger partial charge in [-0.3, -0.25) is 0 Å². The SMILES string of the molecule is C=CC1CCC(C2CCC(/C=C/C3CCC(CCC)O3)CC2)CC1. The van der Waals surface area contributed by atoms with Gasteiger partial charge in [0.05, 0.1) is 12.2 Å². The summed E-state index contributed by atoms with van der Waals surface area (Å²) in [4.78, 5) is 0. The Morgan fingerprint density at radius 1 is 0.792 bits per heavy atom. The first kappa shape index (κ1) is 18.2. The van der Waals surface area contributed by atoms with Gasteiger partial charge in [-0.2, -0.15) is 0 Å². The fourth-order valence-corrected chi connectivity index (χ4v) is 5.35. The zero-order valence-electron chi connectivity index (χ0n) is 15.8. The molecular weight excluding hydrogens is 292 g/mol. The molecular formula is C23H38O. The molecule has 2 atom stereocenters. The molecule has 0 aromatic carbocycles. The summed E-state index contributed by atoms with van der Waals surface area (Å²) >= 11 is 0. The van der Waals surface area contributed by atoms with Crippen molar-refractivity contribution in [3.05, 3.63) is 24.8 Å². The molecule has 136 valence electrons. The van der Waals surface area contributed by atoms with Crippen LogP contribution < -0.4 is 0 Å². The third kappa shape index (κ3) is 4.97. The second kappa shape index (κ2) is 9.22. The highest BCUT2D eigenvalue weighted by atomic mass is 16.5.